The van der Waals surface area contributed by atoms with E-state index in [1.807, 2.05) is 12.1 Å². The standard InChI is InChI=1S/C18H27FN2/c19-17-6-4-15(5-7-17)13-16-8-11-21(12-9-16)14-18-3-1-2-10-20-18/h4-7,16,18,20H,1-3,8-14H2. The van der Waals surface area contributed by atoms with Crippen molar-refractivity contribution in [2.24, 2.45) is 5.92 Å². The minimum atomic E-state index is -0.131. The minimum Gasteiger partial charge on any atom is -0.313 e. The van der Waals surface area contributed by atoms with Crippen molar-refractivity contribution in [2.75, 3.05) is 26.2 Å². The van der Waals surface area contributed by atoms with E-state index in [2.05, 4.69) is 10.2 Å². The number of halogens is 1. The van der Waals surface area contributed by atoms with Crippen LogP contribution in [0.3, 0.4) is 0 Å². The van der Waals surface area contributed by atoms with E-state index in [9.17, 15) is 4.39 Å². The molecule has 0 spiro atoms. The number of piperidine rings is 2. The molecule has 0 bridgehead atoms. The van der Waals surface area contributed by atoms with Crippen LogP contribution in [-0.2, 0) is 6.42 Å². The van der Waals surface area contributed by atoms with Crippen LogP contribution >= 0.6 is 0 Å². The first kappa shape index (κ1) is 15.0. The fraction of sp³-hybridized carbons (Fsp3) is 0.667. The van der Waals surface area contributed by atoms with Gasteiger partial charge >= 0.3 is 0 Å². The third-order valence-corrected chi connectivity index (χ3v) is 5.04. The Morgan fingerprint density at radius 1 is 1.05 bits per heavy atom. The van der Waals surface area contributed by atoms with E-state index in [0.29, 0.717) is 6.04 Å². The van der Waals surface area contributed by atoms with E-state index in [1.54, 1.807) is 12.1 Å². The molecule has 2 nitrogen and oxygen atoms in total. The molecular formula is C18H27FN2. The minimum absolute atomic E-state index is 0.131. The van der Waals surface area contributed by atoms with E-state index < -0.39 is 0 Å². The lowest BCUT2D eigenvalue weighted by Gasteiger charge is -2.35. The molecule has 1 aromatic rings. The summed E-state index contributed by atoms with van der Waals surface area (Å²) in [6.45, 7) is 4.88. The molecule has 0 aromatic heterocycles. The summed E-state index contributed by atoms with van der Waals surface area (Å²) in [5.41, 5.74) is 1.28. The van der Waals surface area contributed by atoms with Crippen molar-refractivity contribution in [1.29, 1.82) is 0 Å². The van der Waals surface area contributed by atoms with Gasteiger partial charge in [0.2, 0.25) is 0 Å². The van der Waals surface area contributed by atoms with Crippen molar-refractivity contribution in [1.82, 2.24) is 10.2 Å². The molecule has 0 radical (unpaired) electrons. The predicted octanol–water partition coefficient (Wildman–Crippen LogP) is 3.22. The summed E-state index contributed by atoms with van der Waals surface area (Å²) in [7, 11) is 0. The molecule has 3 heteroatoms. The summed E-state index contributed by atoms with van der Waals surface area (Å²) in [4.78, 5) is 2.63. The first-order valence-electron chi connectivity index (χ1n) is 8.50. The van der Waals surface area contributed by atoms with Crippen LogP contribution in [0.2, 0.25) is 0 Å². The Hall–Kier alpha value is -0.930. The zero-order valence-electron chi connectivity index (χ0n) is 12.9. The molecule has 2 heterocycles. The van der Waals surface area contributed by atoms with Crippen molar-refractivity contribution >= 4 is 0 Å². The molecule has 21 heavy (non-hydrogen) atoms. The number of nitrogens with one attached hydrogen (secondary N) is 1. The van der Waals surface area contributed by atoms with E-state index in [1.165, 1.54) is 63.8 Å². The SMILES string of the molecule is Fc1ccc(CC2CCN(CC3CCCCN3)CC2)cc1. The maximum Gasteiger partial charge on any atom is 0.123 e. The van der Waals surface area contributed by atoms with Crippen molar-refractivity contribution in [3.8, 4) is 0 Å². The lowest BCUT2D eigenvalue weighted by atomic mass is 9.90. The van der Waals surface area contributed by atoms with Gasteiger partial charge in [0, 0.05) is 12.6 Å². The number of nitrogens with zero attached hydrogens (tertiary/aromatic N) is 1. The van der Waals surface area contributed by atoms with E-state index in [4.69, 9.17) is 0 Å². The molecule has 0 saturated carbocycles. The first-order chi connectivity index (χ1) is 10.3. The molecule has 2 aliphatic heterocycles. The second kappa shape index (κ2) is 7.37. The summed E-state index contributed by atoms with van der Waals surface area (Å²) in [5, 5.41) is 3.65. The molecular weight excluding hydrogens is 263 g/mol. The molecule has 1 unspecified atom stereocenters. The zero-order valence-corrected chi connectivity index (χ0v) is 12.9. The molecule has 2 aliphatic rings. The number of hydrogen-bond acceptors (Lipinski definition) is 2. The number of benzene rings is 1. The third-order valence-electron chi connectivity index (χ3n) is 5.04. The van der Waals surface area contributed by atoms with E-state index in [0.717, 1.165) is 12.3 Å². The van der Waals surface area contributed by atoms with Crippen molar-refractivity contribution in [3.63, 3.8) is 0 Å². The van der Waals surface area contributed by atoms with Crippen LogP contribution < -0.4 is 5.32 Å². The average molecular weight is 290 g/mol. The molecule has 1 aromatic carbocycles. The Kier molecular flexibility index (Phi) is 5.26. The quantitative estimate of drug-likeness (QED) is 0.916. The average Bonchev–Trinajstić information content (AvgIpc) is 2.53. The monoisotopic (exact) mass is 290 g/mol. The summed E-state index contributed by atoms with van der Waals surface area (Å²) in [6.07, 6.45) is 7.74. The van der Waals surface area contributed by atoms with Crippen molar-refractivity contribution in [2.45, 2.75) is 44.6 Å². The summed E-state index contributed by atoms with van der Waals surface area (Å²) in [6, 6.07) is 7.76. The third kappa shape index (κ3) is 4.52. The van der Waals surface area contributed by atoms with Crippen LogP contribution in [0.4, 0.5) is 4.39 Å². The van der Waals surface area contributed by atoms with Gasteiger partial charge in [-0.1, -0.05) is 18.6 Å². The van der Waals surface area contributed by atoms with Crippen molar-refractivity contribution in [3.05, 3.63) is 35.6 Å². The Balaban J connectivity index is 1.41. The predicted molar refractivity (Wildman–Crippen MR) is 84.9 cm³/mol. The molecule has 2 fully saturated rings. The fourth-order valence-corrected chi connectivity index (χ4v) is 3.72. The lowest BCUT2D eigenvalue weighted by Crippen LogP contribution is -2.46. The number of rotatable bonds is 4. The van der Waals surface area contributed by atoms with Gasteiger partial charge in [-0.05, 0) is 75.4 Å². The maximum atomic E-state index is 12.9. The molecule has 1 N–H and O–H groups in total. The largest absolute Gasteiger partial charge is 0.313 e. The lowest BCUT2D eigenvalue weighted by molar-refractivity contribution is 0.160. The van der Waals surface area contributed by atoms with Gasteiger partial charge in [-0.25, -0.2) is 4.39 Å². The van der Waals surface area contributed by atoms with Gasteiger partial charge in [0.25, 0.3) is 0 Å². The van der Waals surface area contributed by atoms with Crippen LogP contribution in [0.5, 0.6) is 0 Å². The van der Waals surface area contributed by atoms with Crippen LogP contribution in [0.1, 0.15) is 37.7 Å². The highest BCUT2D eigenvalue weighted by Gasteiger charge is 2.22. The molecule has 116 valence electrons. The summed E-state index contributed by atoms with van der Waals surface area (Å²) < 4.78 is 12.9. The van der Waals surface area contributed by atoms with Crippen molar-refractivity contribution < 1.29 is 4.39 Å². The highest BCUT2D eigenvalue weighted by atomic mass is 19.1. The topological polar surface area (TPSA) is 15.3 Å². The highest BCUT2D eigenvalue weighted by Crippen LogP contribution is 2.22. The molecule has 3 rings (SSSR count). The van der Waals surface area contributed by atoms with Crippen LogP contribution in [0, 0.1) is 11.7 Å². The molecule has 1 atom stereocenters. The highest BCUT2D eigenvalue weighted by molar-refractivity contribution is 5.16. The zero-order chi connectivity index (χ0) is 14.5. The van der Waals surface area contributed by atoms with Gasteiger partial charge < -0.3 is 10.2 Å². The Bertz CT molecular complexity index is 417. The summed E-state index contributed by atoms with van der Waals surface area (Å²) in [5.74, 6) is 0.638. The van der Waals surface area contributed by atoms with Gasteiger partial charge in [0.15, 0.2) is 0 Å². The van der Waals surface area contributed by atoms with Gasteiger partial charge in [-0.2, -0.15) is 0 Å². The Labute approximate surface area is 127 Å². The smallest absolute Gasteiger partial charge is 0.123 e. The van der Waals surface area contributed by atoms with E-state index in [-0.39, 0.29) is 5.82 Å². The van der Waals surface area contributed by atoms with Gasteiger partial charge in [0.05, 0.1) is 0 Å². The number of likely N-dealkylation sites (tertiary alicyclic amines) is 1. The van der Waals surface area contributed by atoms with Crippen LogP contribution in [0.25, 0.3) is 0 Å². The maximum absolute atomic E-state index is 12.9. The Morgan fingerprint density at radius 2 is 1.81 bits per heavy atom. The fourth-order valence-electron chi connectivity index (χ4n) is 3.72. The van der Waals surface area contributed by atoms with Crippen LogP contribution in [-0.4, -0.2) is 37.1 Å². The summed E-state index contributed by atoms with van der Waals surface area (Å²) >= 11 is 0. The molecule has 0 amide bonds. The van der Waals surface area contributed by atoms with Crippen LogP contribution in [0.15, 0.2) is 24.3 Å². The number of hydrogen-bond donors (Lipinski definition) is 1. The second-order valence-electron chi connectivity index (χ2n) is 6.72. The Morgan fingerprint density at radius 3 is 2.48 bits per heavy atom. The molecule has 2 saturated heterocycles. The van der Waals surface area contributed by atoms with Gasteiger partial charge in [-0.15, -0.1) is 0 Å². The van der Waals surface area contributed by atoms with Gasteiger partial charge in [-0.3, -0.25) is 0 Å². The molecule has 0 aliphatic carbocycles. The van der Waals surface area contributed by atoms with E-state index >= 15 is 0 Å². The first-order valence-corrected chi connectivity index (χ1v) is 8.50. The normalized spacial score (nSPS) is 25.1. The van der Waals surface area contributed by atoms with Gasteiger partial charge in [0.1, 0.15) is 5.82 Å². The second-order valence-corrected chi connectivity index (χ2v) is 6.72.